The van der Waals surface area contributed by atoms with Gasteiger partial charge < -0.3 is 29.5 Å². The lowest BCUT2D eigenvalue weighted by Gasteiger charge is -2.41. The fraction of sp³-hybridized carbons (Fsp3) is 0.294. The highest BCUT2D eigenvalue weighted by atomic mass is 79.9. The van der Waals surface area contributed by atoms with Gasteiger partial charge in [-0.1, -0.05) is 48.5 Å². The quantitative estimate of drug-likeness (QED) is 0.221. The smallest absolute Gasteiger partial charge is 0.137 e. The Kier molecular flexibility index (Phi) is 7.55. The van der Waals surface area contributed by atoms with Crippen molar-refractivity contribution >= 4 is 15.9 Å². The minimum absolute atomic E-state index is 0.0173. The lowest BCUT2D eigenvalue weighted by molar-refractivity contribution is 0.272. The van der Waals surface area contributed by atoms with Gasteiger partial charge in [0.25, 0.3) is 0 Å². The second-order valence-electron chi connectivity index (χ2n) is 10.7. The summed E-state index contributed by atoms with van der Waals surface area (Å²) in [6.45, 7) is -0.312. The van der Waals surface area contributed by atoms with Gasteiger partial charge in [-0.05, 0) is 72.6 Å². The summed E-state index contributed by atoms with van der Waals surface area (Å²) in [5.74, 6) is 1.97. The normalized spacial score (nSPS) is 20.4. The Bertz CT molecular complexity index is 1580. The molecule has 0 radical (unpaired) electrons. The number of hydrogen-bond acceptors (Lipinski definition) is 6. The monoisotopic (exact) mass is 616 g/mol. The van der Waals surface area contributed by atoms with Gasteiger partial charge in [0, 0.05) is 35.3 Å². The number of fused-ring (bicyclic) bond motifs is 7. The van der Waals surface area contributed by atoms with Crippen LogP contribution in [0.25, 0.3) is 0 Å². The lowest BCUT2D eigenvalue weighted by Crippen LogP contribution is -2.27. The molecule has 4 aromatic rings. The van der Waals surface area contributed by atoms with E-state index in [2.05, 4.69) is 46.3 Å². The molecule has 3 N–H and O–H groups in total. The third-order valence-electron chi connectivity index (χ3n) is 8.84. The minimum Gasteiger partial charge on any atom is -0.497 e. The van der Waals surface area contributed by atoms with Gasteiger partial charge in [0.05, 0.1) is 45.6 Å². The van der Waals surface area contributed by atoms with E-state index in [0.29, 0.717) is 5.75 Å². The fourth-order valence-electron chi connectivity index (χ4n) is 7.17. The van der Waals surface area contributed by atoms with Crippen LogP contribution in [0.3, 0.4) is 0 Å². The zero-order chi connectivity index (χ0) is 28.8. The number of aliphatic hydroxyl groups excluding tert-OH is 3. The first-order valence-corrected chi connectivity index (χ1v) is 14.4. The van der Waals surface area contributed by atoms with Crippen LogP contribution in [-0.2, 0) is 19.8 Å². The SMILES string of the molecule is COc1ccc(C2C3c4cc(CO)cc(CO)c4[C@@H](c4ccc(CO)cc4)C2c2c(Br)c(OC)cc(OC)c23)cc1. The van der Waals surface area contributed by atoms with Gasteiger partial charge in [-0.15, -0.1) is 0 Å². The average Bonchev–Trinajstić information content (AvgIpc) is 3.31. The van der Waals surface area contributed by atoms with E-state index in [1.165, 1.54) is 0 Å². The van der Waals surface area contributed by atoms with E-state index in [4.69, 9.17) is 14.2 Å². The predicted octanol–water partition coefficient (Wildman–Crippen LogP) is 6.11. The highest BCUT2D eigenvalue weighted by Gasteiger charge is 2.54. The molecule has 0 fully saturated rings. The molecule has 3 unspecified atom stereocenters. The molecule has 2 aliphatic rings. The van der Waals surface area contributed by atoms with Gasteiger partial charge in [-0.3, -0.25) is 0 Å². The topological polar surface area (TPSA) is 88.4 Å². The number of aliphatic hydroxyl groups is 3. The molecule has 41 heavy (non-hydrogen) atoms. The molecule has 2 bridgehead atoms. The number of halogens is 1. The Morgan fingerprint density at radius 2 is 1.27 bits per heavy atom. The summed E-state index contributed by atoms with van der Waals surface area (Å²) in [5.41, 5.74) is 8.99. The van der Waals surface area contributed by atoms with Crippen molar-refractivity contribution in [3.05, 3.63) is 121 Å². The largest absolute Gasteiger partial charge is 0.497 e. The average molecular weight is 618 g/mol. The number of ether oxygens (including phenoxy) is 3. The molecule has 0 saturated heterocycles. The first-order chi connectivity index (χ1) is 20.0. The van der Waals surface area contributed by atoms with Crippen LogP contribution in [0, 0.1) is 0 Å². The summed E-state index contributed by atoms with van der Waals surface area (Å²) < 4.78 is 18.2. The van der Waals surface area contributed by atoms with Crippen LogP contribution in [0.1, 0.15) is 73.7 Å². The first kappa shape index (κ1) is 27.8. The van der Waals surface area contributed by atoms with Crippen LogP contribution >= 0.6 is 15.9 Å². The second kappa shape index (κ2) is 11.1. The van der Waals surface area contributed by atoms with Crippen molar-refractivity contribution in [3.63, 3.8) is 0 Å². The molecule has 4 atom stereocenters. The Balaban J connectivity index is 1.74. The maximum Gasteiger partial charge on any atom is 0.137 e. The van der Waals surface area contributed by atoms with Crippen molar-refractivity contribution in [2.75, 3.05) is 21.3 Å². The molecule has 0 spiro atoms. The summed E-state index contributed by atoms with van der Waals surface area (Å²) in [4.78, 5) is 0. The van der Waals surface area contributed by atoms with E-state index in [9.17, 15) is 15.3 Å². The summed E-state index contributed by atoms with van der Waals surface area (Å²) >= 11 is 3.92. The number of methoxy groups -OCH3 is 3. The molecule has 0 aliphatic heterocycles. The van der Waals surface area contributed by atoms with E-state index < -0.39 is 0 Å². The highest BCUT2D eigenvalue weighted by Crippen LogP contribution is 2.69. The number of benzene rings is 4. The van der Waals surface area contributed by atoms with Gasteiger partial charge in [-0.25, -0.2) is 0 Å². The summed E-state index contributed by atoms with van der Waals surface area (Å²) in [6.07, 6.45) is 0. The summed E-state index contributed by atoms with van der Waals surface area (Å²) in [5, 5.41) is 30.7. The van der Waals surface area contributed by atoms with Crippen molar-refractivity contribution in [2.24, 2.45) is 0 Å². The Morgan fingerprint density at radius 3 is 1.85 bits per heavy atom. The van der Waals surface area contributed by atoms with Crippen LogP contribution in [0.5, 0.6) is 17.2 Å². The van der Waals surface area contributed by atoms with Gasteiger partial charge >= 0.3 is 0 Å². The standard InChI is InChI=1S/C34H33BrO6/c1-39-23-10-8-21(9-11-23)29-30-24-13-19(16-37)12-22(17-38)27(24)28(20-6-4-18(15-36)5-7-20)32(29)33-31(30)25(40-2)14-26(41-3)34(33)35/h4-14,28-30,32,36-38H,15-17H2,1-3H3/t28-,29?,30?,32?/m1/s1. The van der Waals surface area contributed by atoms with Crippen molar-refractivity contribution < 1.29 is 29.5 Å². The van der Waals surface area contributed by atoms with Gasteiger partial charge in [0.15, 0.2) is 0 Å². The van der Waals surface area contributed by atoms with Crippen molar-refractivity contribution in [3.8, 4) is 17.2 Å². The summed E-state index contributed by atoms with van der Waals surface area (Å²) in [7, 11) is 5.01. The predicted molar refractivity (Wildman–Crippen MR) is 160 cm³/mol. The molecule has 4 aromatic carbocycles. The Hall–Kier alpha value is -3.36. The molecule has 0 amide bonds. The van der Waals surface area contributed by atoms with Crippen LogP contribution in [0.4, 0.5) is 0 Å². The molecular formula is C34H33BrO6. The number of hydrogen-bond donors (Lipinski definition) is 3. The Labute approximate surface area is 248 Å². The van der Waals surface area contributed by atoms with E-state index >= 15 is 0 Å². The number of rotatable bonds is 8. The third-order valence-corrected chi connectivity index (χ3v) is 9.66. The van der Waals surface area contributed by atoms with Crippen LogP contribution in [0.2, 0.25) is 0 Å². The van der Waals surface area contributed by atoms with Gasteiger partial charge in [0.2, 0.25) is 0 Å². The van der Waals surface area contributed by atoms with E-state index in [1.54, 1.807) is 21.3 Å². The molecule has 6 nitrogen and oxygen atoms in total. The van der Waals surface area contributed by atoms with Crippen molar-refractivity contribution in [1.82, 2.24) is 0 Å². The molecular weight excluding hydrogens is 584 g/mol. The molecule has 2 aliphatic carbocycles. The molecule has 212 valence electrons. The highest BCUT2D eigenvalue weighted by molar-refractivity contribution is 9.10. The van der Waals surface area contributed by atoms with Crippen LogP contribution in [-0.4, -0.2) is 36.6 Å². The lowest BCUT2D eigenvalue weighted by atomic mass is 9.62. The van der Waals surface area contributed by atoms with Crippen LogP contribution < -0.4 is 14.2 Å². The Morgan fingerprint density at radius 1 is 0.610 bits per heavy atom. The molecule has 6 rings (SSSR count). The second-order valence-corrected chi connectivity index (χ2v) is 11.5. The molecule has 0 saturated carbocycles. The molecule has 7 heteroatoms. The van der Waals surface area contributed by atoms with Crippen LogP contribution in [0.15, 0.2) is 71.2 Å². The maximum atomic E-state index is 10.7. The third kappa shape index (κ3) is 4.34. The van der Waals surface area contributed by atoms with E-state index in [-0.39, 0.29) is 43.5 Å². The van der Waals surface area contributed by atoms with Gasteiger partial charge in [-0.2, -0.15) is 0 Å². The summed E-state index contributed by atoms with van der Waals surface area (Å²) in [6, 6.07) is 22.3. The van der Waals surface area contributed by atoms with Crippen molar-refractivity contribution in [2.45, 2.75) is 43.5 Å². The molecule has 0 aromatic heterocycles. The van der Waals surface area contributed by atoms with Crippen molar-refractivity contribution in [1.29, 1.82) is 0 Å². The fourth-order valence-corrected chi connectivity index (χ4v) is 7.93. The van der Waals surface area contributed by atoms with E-state index in [1.807, 2.05) is 36.4 Å². The zero-order valence-corrected chi connectivity index (χ0v) is 24.8. The molecule has 0 heterocycles. The van der Waals surface area contributed by atoms with Gasteiger partial charge in [0.1, 0.15) is 17.2 Å². The van der Waals surface area contributed by atoms with E-state index in [0.717, 1.165) is 66.0 Å². The zero-order valence-electron chi connectivity index (χ0n) is 23.2. The minimum atomic E-state index is -0.147. The maximum absolute atomic E-state index is 10.7. The first-order valence-electron chi connectivity index (χ1n) is 13.6.